The Morgan fingerprint density at radius 2 is 1.44 bits per heavy atom. The van der Waals surface area contributed by atoms with Gasteiger partial charge in [-0.05, 0) is 74.5 Å². The van der Waals surface area contributed by atoms with E-state index in [0.29, 0.717) is 12.8 Å². The highest BCUT2D eigenvalue weighted by atomic mass is 16.4. The summed E-state index contributed by atoms with van der Waals surface area (Å²) >= 11 is 0. The third kappa shape index (κ3) is 8.09. The van der Waals surface area contributed by atoms with Crippen LogP contribution in [0.5, 0.6) is 0 Å². The molecular formula is C38H59N5O9. The molecule has 0 aromatic carbocycles. The van der Waals surface area contributed by atoms with Gasteiger partial charge in [-0.1, -0.05) is 44.9 Å². The third-order valence-electron chi connectivity index (χ3n) is 13.6. The summed E-state index contributed by atoms with van der Waals surface area (Å²) in [4.78, 5) is 62.2. The van der Waals surface area contributed by atoms with Gasteiger partial charge in [-0.25, -0.2) is 4.79 Å². The Labute approximate surface area is 306 Å². The topological polar surface area (TPSA) is 226 Å². The number of nitrogens with one attached hydrogen (secondary N) is 5. The molecule has 1 amide bonds. The van der Waals surface area contributed by atoms with Gasteiger partial charge in [0, 0.05) is 61.2 Å². The normalized spacial score (nSPS) is 40.7. The molecule has 0 radical (unpaired) electrons. The molecule has 4 fully saturated rings. The van der Waals surface area contributed by atoms with Crippen molar-refractivity contribution in [2.45, 2.75) is 140 Å². The summed E-state index contributed by atoms with van der Waals surface area (Å²) in [6, 6.07) is -2.65. The first-order valence-electron chi connectivity index (χ1n) is 19.1. The zero-order valence-corrected chi connectivity index (χ0v) is 31.0. The average molecular weight is 730 g/mol. The maximum Gasteiger partial charge on any atom is 0.326 e. The predicted molar refractivity (Wildman–Crippen MR) is 192 cm³/mol. The number of hydrogen-bond donors (Lipinski definition) is 9. The SMILES string of the molecule is C=CC1C2CC3NC(CC4NC(C(CC(=O)N[C@@H](CC(=O)O)C(=O)O)C5NC(CC(N2)C1C)[C@@H](C)[C@@H]5CCC(=O)O)C(C(=O)O)C4C)C(CC)=C3C. The fourth-order valence-corrected chi connectivity index (χ4v) is 10.8. The van der Waals surface area contributed by atoms with Gasteiger partial charge in [-0.2, -0.15) is 0 Å². The quantitative estimate of drug-likeness (QED) is 0.132. The van der Waals surface area contributed by atoms with E-state index >= 15 is 0 Å². The molecule has 290 valence electrons. The van der Waals surface area contributed by atoms with Crippen LogP contribution in [0.2, 0.25) is 0 Å². The summed E-state index contributed by atoms with van der Waals surface area (Å²) in [5, 5.41) is 57.3. The minimum Gasteiger partial charge on any atom is -0.481 e. The fraction of sp³-hybridized carbons (Fsp3) is 0.763. The standard InChI is InChI=1S/C38H59N5O9/c1-7-20-16(3)24-12-26-18(5)22(9-10-32(45)46)35(42-26)23(11-31(44)41-30(37(49)50)15-33(47)48)36-34(38(51)52)19(6)27(43-36)14-29-21(8-2)17(4)25(40-29)13-28(20)39-24/h7,16,18-20,22-30,34-36,39-40,42-43H,1,8-15H2,2-6H3,(H,41,44)(H,45,46)(H,47,48)(H,49,50)(H,51,52)/t16?,18-,19?,20?,22-,23?,24?,25?,26?,27?,28?,29?,30-,34?,35?,36?/m0/s1. The molecule has 0 aliphatic carbocycles. The number of hydrogen-bond acceptors (Lipinski definition) is 9. The van der Waals surface area contributed by atoms with Crippen LogP contribution in [-0.4, -0.2) is 105 Å². The Morgan fingerprint density at radius 1 is 0.808 bits per heavy atom. The Morgan fingerprint density at radius 3 is 2.04 bits per heavy atom. The molecule has 14 heteroatoms. The lowest BCUT2D eigenvalue weighted by atomic mass is 9.72. The summed E-state index contributed by atoms with van der Waals surface area (Å²) < 4.78 is 0. The van der Waals surface area contributed by atoms with Crippen LogP contribution in [0.25, 0.3) is 0 Å². The molecule has 16 atom stereocenters. The molecule has 0 saturated carbocycles. The number of rotatable bonds is 12. The van der Waals surface area contributed by atoms with E-state index in [9.17, 15) is 44.4 Å². The summed E-state index contributed by atoms with van der Waals surface area (Å²) in [6.45, 7) is 14.8. The van der Waals surface area contributed by atoms with Crippen LogP contribution in [0.4, 0.5) is 0 Å². The van der Waals surface area contributed by atoms with Crippen LogP contribution in [0.3, 0.4) is 0 Å². The van der Waals surface area contributed by atoms with E-state index in [-0.39, 0.29) is 78.7 Å². The van der Waals surface area contributed by atoms with E-state index in [1.165, 1.54) is 11.1 Å². The van der Waals surface area contributed by atoms with Crippen molar-refractivity contribution in [3.63, 3.8) is 0 Å². The van der Waals surface area contributed by atoms with E-state index in [1.54, 1.807) is 0 Å². The first-order chi connectivity index (χ1) is 24.6. The molecule has 5 rings (SSSR count). The van der Waals surface area contributed by atoms with Crippen molar-refractivity contribution in [2.75, 3.05) is 0 Å². The van der Waals surface area contributed by atoms with Gasteiger partial charge in [0.15, 0.2) is 0 Å². The highest BCUT2D eigenvalue weighted by Gasteiger charge is 2.55. The zero-order chi connectivity index (χ0) is 38.2. The summed E-state index contributed by atoms with van der Waals surface area (Å²) in [5.41, 5.74) is 2.66. The molecule has 5 aliphatic rings. The van der Waals surface area contributed by atoms with Crippen LogP contribution in [0, 0.1) is 41.4 Å². The highest BCUT2D eigenvalue weighted by Crippen LogP contribution is 2.45. The van der Waals surface area contributed by atoms with Gasteiger partial charge in [0.1, 0.15) is 6.04 Å². The van der Waals surface area contributed by atoms with Gasteiger partial charge < -0.3 is 47.0 Å². The van der Waals surface area contributed by atoms with Crippen molar-refractivity contribution >= 4 is 29.8 Å². The molecule has 5 heterocycles. The first kappa shape index (κ1) is 39.9. The van der Waals surface area contributed by atoms with Crippen molar-refractivity contribution in [1.29, 1.82) is 0 Å². The molecular weight excluding hydrogens is 670 g/mol. The molecule has 8 bridgehead atoms. The summed E-state index contributed by atoms with van der Waals surface area (Å²) in [7, 11) is 0. The van der Waals surface area contributed by atoms with Crippen LogP contribution in [0.1, 0.15) is 86.0 Å². The number of aliphatic carboxylic acids is 4. The lowest BCUT2D eigenvalue weighted by molar-refractivity contribution is -0.147. The number of carbonyl (C=O) groups is 5. The van der Waals surface area contributed by atoms with Gasteiger partial charge in [0.05, 0.1) is 12.3 Å². The highest BCUT2D eigenvalue weighted by molar-refractivity contribution is 5.87. The van der Waals surface area contributed by atoms with E-state index in [0.717, 1.165) is 19.3 Å². The second-order valence-corrected chi connectivity index (χ2v) is 16.3. The van der Waals surface area contributed by atoms with Gasteiger partial charge in [-0.15, -0.1) is 6.58 Å². The molecule has 0 aromatic heterocycles. The molecule has 13 unspecified atom stereocenters. The van der Waals surface area contributed by atoms with Gasteiger partial charge >= 0.3 is 23.9 Å². The van der Waals surface area contributed by atoms with E-state index in [4.69, 9.17) is 0 Å². The molecule has 4 saturated heterocycles. The second kappa shape index (κ2) is 16.4. The van der Waals surface area contributed by atoms with E-state index in [1.807, 2.05) is 6.92 Å². The summed E-state index contributed by atoms with van der Waals surface area (Å²) in [5.74, 6) is -7.13. The van der Waals surface area contributed by atoms with Crippen LogP contribution in [-0.2, 0) is 24.0 Å². The third-order valence-corrected chi connectivity index (χ3v) is 13.6. The Hall–Kier alpha value is -3.33. The lowest BCUT2D eigenvalue weighted by Crippen LogP contribution is -2.53. The predicted octanol–water partition coefficient (Wildman–Crippen LogP) is 2.20. The monoisotopic (exact) mass is 729 g/mol. The minimum atomic E-state index is -1.66. The molecule has 5 aliphatic heterocycles. The Bertz CT molecular complexity index is 1440. The maximum absolute atomic E-state index is 13.8. The van der Waals surface area contributed by atoms with Crippen molar-refractivity contribution < 1.29 is 44.4 Å². The van der Waals surface area contributed by atoms with Crippen molar-refractivity contribution in [3.05, 3.63) is 23.8 Å². The van der Waals surface area contributed by atoms with Crippen LogP contribution >= 0.6 is 0 Å². The smallest absolute Gasteiger partial charge is 0.326 e. The minimum absolute atomic E-state index is 0.0209. The van der Waals surface area contributed by atoms with Crippen LogP contribution in [0.15, 0.2) is 23.8 Å². The number of fused-ring (bicyclic) bond motifs is 8. The largest absolute Gasteiger partial charge is 0.481 e. The fourth-order valence-electron chi connectivity index (χ4n) is 10.8. The van der Waals surface area contributed by atoms with E-state index in [2.05, 4.69) is 66.9 Å². The maximum atomic E-state index is 13.8. The zero-order valence-electron chi connectivity index (χ0n) is 31.0. The molecule has 9 N–H and O–H groups in total. The second-order valence-electron chi connectivity index (χ2n) is 16.3. The van der Waals surface area contributed by atoms with Crippen molar-refractivity contribution in [3.8, 4) is 0 Å². The summed E-state index contributed by atoms with van der Waals surface area (Å²) in [6.07, 6.45) is 4.31. The molecule has 14 nitrogen and oxygen atoms in total. The number of carboxylic acid groups (broad SMARTS) is 4. The Kier molecular flexibility index (Phi) is 12.5. The van der Waals surface area contributed by atoms with Crippen molar-refractivity contribution in [1.82, 2.24) is 26.6 Å². The number of carboxylic acids is 4. The van der Waals surface area contributed by atoms with E-state index < -0.39 is 66.2 Å². The van der Waals surface area contributed by atoms with Crippen LogP contribution < -0.4 is 26.6 Å². The van der Waals surface area contributed by atoms with Gasteiger partial charge in [-0.3, -0.25) is 19.2 Å². The van der Waals surface area contributed by atoms with Crippen molar-refractivity contribution in [2.24, 2.45) is 41.4 Å². The number of carbonyl (C=O) groups excluding carboxylic acids is 1. The molecule has 0 aromatic rings. The Balaban J connectivity index is 1.59. The molecule has 52 heavy (non-hydrogen) atoms. The first-order valence-corrected chi connectivity index (χ1v) is 19.1. The van der Waals surface area contributed by atoms with Gasteiger partial charge in [0.25, 0.3) is 0 Å². The van der Waals surface area contributed by atoms with Gasteiger partial charge in [0.2, 0.25) is 5.91 Å². The lowest BCUT2D eigenvalue weighted by Gasteiger charge is -2.36. The molecule has 0 spiro atoms. The number of amides is 1. The average Bonchev–Trinajstić information content (AvgIpc) is 3.74.